The summed E-state index contributed by atoms with van der Waals surface area (Å²) in [4.78, 5) is 12.8. The molecule has 7 nitrogen and oxygen atoms in total. The molecule has 0 fully saturated rings. The Morgan fingerprint density at radius 2 is 2.17 bits per heavy atom. The van der Waals surface area contributed by atoms with Gasteiger partial charge in [0.1, 0.15) is 5.03 Å². The lowest BCUT2D eigenvalue weighted by atomic mass is 10.3. The van der Waals surface area contributed by atoms with Gasteiger partial charge in [-0.1, -0.05) is 11.3 Å². The van der Waals surface area contributed by atoms with Crippen LogP contribution >= 0.6 is 23.1 Å². The van der Waals surface area contributed by atoms with Gasteiger partial charge in [0, 0.05) is 14.1 Å². The number of aromatic carboxylic acids is 1. The molecule has 18 heavy (non-hydrogen) atoms. The number of anilines is 1. The van der Waals surface area contributed by atoms with E-state index in [1.165, 1.54) is 23.6 Å². The summed E-state index contributed by atoms with van der Waals surface area (Å²) in [5.41, 5.74) is 0.108. The zero-order valence-corrected chi connectivity index (χ0v) is 11.2. The highest BCUT2D eigenvalue weighted by Crippen LogP contribution is 2.32. The fourth-order valence-corrected chi connectivity index (χ4v) is 2.79. The highest BCUT2D eigenvalue weighted by molar-refractivity contribution is 8.01. The highest BCUT2D eigenvalue weighted by atomic mass is 32.2. The molecule has 0 amide bonds. The Morgan fingerprint density at radius 3 is 2.78 bits per heavy atom. The van der Waals surface area contributed by atoms with Crippen molar-refractivity contribution in [3.05, 3.63) is 17.8 Å². The number of carboxylic acids is 1. The van der Waals surface area contributed by atoms with Crippen LogP contribution in [0.2, 0.25) is 0 Å². The van der Waals surface area contributed by atoms with Crippen LogP contribution in [0.1, 0.15) is 10.4 Å². The summed E-state index contributed by atoms with van der Waals surface area (Å²) in [5, 5.41) is 25.5. The summed E-state index contributed by atoms with van der Waals surface area (Å²) in [6, 6.07) is 1.41. The molecule has 0 radical (unpaired) electrons. The number of aromatic nitrogens is 4. The molecular weight excluding hydrogens is 274 g/mol. The van der Waals surface area contributed by atoms with Crippen molar-refractivity contribution >= 4 is 34.2 Å². The number of hydrogen-bond acceptors (Lipinski definition) is 8. The maximum atomic E-state index is 11.0. The molecule has 0 atom stereocenters. The van der Waals surface area contributed by atoms with Crippen LogP contribution in [0.25, 0.3) is 0 Å². The molecule has 0 aliphatic carbocycles. The topological polar surface area (TPSA) is 92.1 Å². The Hall–Kier alpha value is -1.74. The molecule has 0 spiro atoms. The minimum absolute atomic E-state index is 0.108. The van der Waals surface area contributed by atoms with Crippen molar-refractivity contribution in [2.45, 2.75) is 9.37 Å². The van der Waals surface area contributed by atoms with Crippen LogP contribution in [-0.2, 0) is 0 Å². The lowest BCUT2D eigenvalue weighted by molar-refractivity contribution is 0.0692. The predicted molar refractivity (Wildman–Crippen MR) is 67.4 cm³/mol. The van der Waals surface area contributed by atoms with Gasteiger partial charge in [-0.25, -0.2) is 4.79 Å². The first-order chi connectivity index (χ1) is 8.58. The monoisotopic (exact) mass is 283 g/mol. The standard InChI is InChI=1S/C9H9N5O2S2/c1-14(2)8-12-13-9(18-8)17-6-5(7(15)16)3-4-10-11-6/h3-4H,1-2H3,(H,15,16). The van der Waals surface area contributed by atoms with Crippen LogP contribution in [0.4, 0.5) is 5.13 Å². The molecule has 94 valence electrons. The second-order valence-electron chi connectivity index (χ2n) is 3.40. The first kappa shape index (κ1) is 12.7. The lowest BCUT2D eigenvalue weighted by Gasteiger charge is -2.03. The van der Waals surface area contributed by atoms with Crippen LogP contribution in [0.15, 0.2) is 21.6 Å². The second-order valence-corrected chi connectivity index (χ2v) is 5.59. The van der Waals surface area contributed by atoms with Crippen molar-refractivity contribution in [3.8, 4) is 0 Å². The number of hydrogen-bond donors (Lipinski definition) is 1. The SMILES string of the molecule is CN(C)c1nnc(Sc2nnccc2C(=O)O)s1. The van der Waals surface area contributed by atoms with E-state index >= 15 is 0 Å². The van der Waals surface area contributed by atoms with Crippen molar-refractivity contribution < 1.29 is 9.90 Å². The van der Waals surface area contributed by atoms with Crippen molar-refractivity contribution in [1.82, 2.24) is 20.4 Å². The Labute approximate surface area is 111 Å². The van der Waals surface area contributed by atoms with Gasteiger partial charge in [0.25, 0.3) is 0 Å². The molecule has 0 unspecified atom stereocenters. The van der Waals surface area contributed by atoms with Crippen LogP contribution in [0.3, 0.4) is 0 Å². The summed E-state index contributed by atoms with van der Waals surface area (Å²) in [6.45, 7) is 0. The quantitative estimate of drug-likeness (QED) is 0.896. The first-order valence-corrected chi connectivity index (χ1v) is 6.45. The van der Waals surface area contributed by atoms with Crippen LogP contribution in [0, 0.1) is 0 Å². The van der Waals surface area contributed by atoms with Gasteiger partial charge >= 0.3 is 5.97 Å². The maximum Gasteiger partial charge on any atom is 0.338 e. The van der Waals surface area contributed by atoms with E-state index in [2.05, 4.69) is 20.4 Å². The smallest absolute Gasteiger partial charge is 0.338 e. The van der Waals surface area contributed by atoms with Gasteiger partial charge in [-0.15, -0.1) is 15.3 Å². The molecule has 0 aliphatic heterocycles. The van der Waals surface area contributed by atoms with Crippen LogP contribution < -0.4 is 4.90 Å². The van der Waals surface area contributed by atoms with E-state index < -0.39 is 5.97 Å². The minimum Gasteiger partial charge on any atom is -0.478 e. The predicted octanol–water partition coefficient (Wildman–Crippen LogP) is 1.24. The van der Waals surface area contributed by atoms with E-state index in [0.717, 1.165) is 16.9 Å². The lowest BCUT2D eigenvalue weighted by Crippen LogP contribution is -2.07. The van der Waals surface area contributed by atoms with Gasteiger partial charge in [-0.05, 0) is 17.8 Å². The van der Waals surface area contributed by atoms with E-state index in [9.17, 15) is 4.79 Å². The normalized spacial score (nSPS) is 10.3. The van der Waals surface area contributed by atoms with Gasteiger partial charge in [0.15, 0.2) is 4.34 Å². The van der Waals surface area contributed by atoms with E-state index in [-0.39, 0.29) is 5.56 Å². The van der Waals surface area contributed by atoms with Gasteiger partial charge in [-0.3, -0.25) is 0 Å². The van der Waals surface area contributed by atoms with E-state index in [1.54, 1.807) is 0 Å². The molecule has 0 saturated heterocycles. The molecule has 0 aliphatic rings. The molecule has 0 saturated carbocycles. The molecule has 2 rings (SSSR count). The molecular formula is C9H9N5O2S2. The second kappa shape index (κ2) is 5.27. The zero-order valence-electron chi connectivity index (χ0n) is 9.56. The van der Waals surface area contributed by atoms with Crippen molar-refractivity contribution in [2.24, 2.45) is 0 Å². The summed E-state index contributed by atoms with van der Waals surface area (Å²) >= 11 is 2.51. The average Bonchev–Trinajstić information content (AvgIpc) is 2.78. The van der Waals surface area contributed by atoms with Gasteiger partial charge in [-0.2, -0.15) is 5.10 Å². The first-order valence-electron chi connectivity index (χ1n) is 4.81. The zero-order chi connectivity index (χ0) is 13.1. The Kier molecular flexibility index (Phi) is 3.72. The highest BCUT2D eigenvalue weighted by Gasteiger charge is 2.15. The van der Waals surface area contributed by atoms with Crippen molar-refractivity contribution in [3.63, 3.8) is 0 Å². The molecule has 0 bridgehead atoms. The van der Waals surface area contributed by atoms with Gasteiger partial charge in [0.05, 0.1) is 11.8 Å². The van der Waals surface area contributed by atoms with Crippen molar-refractivity contribution in [1.29, 1.82) is 0 Å². The molecule has 2 aromatic rings. The van der Waals surface area contributed by atoms with E-state index in [0.29, 0.717) is 9.37 Å². The van der Waals surface area contributed by atoms with Crippen LogP contribution in [-0.4, -0.2) is 45.6 Å². The molecule has 1 N–H and O–H groups in total. The van der Waals surface area contributed by atoms with E-state index in [1.807, 2.05) is 19.0 Å². The number of carbonyl (C=O) groups is 1. The molecule has 0 aromatic carbocycles. The largest absolute Gasteiger partial charge is 0.478 e. The van der Waals surface area contributed by atoms with Crippen molar-refractivity contribution in [2.75, 3.05) is 19.0 Å². The minimum atomic E-state index is -1.04. The van der Waals surface area contributed by atoms with E-state index in [4.69, 9.17) is 5.11 Å². The fraction of sp³-hybridized carbons (Fsp3) is 0.222. The number of rotatable bonds is 4. The third-order valence-electron chi connectivity index (χ3n) is 1.88. The molecule has 9 heteroatoms. The van der Waals surface area contributed by atoms with Gasteiger partial charge in [0.2, 0.25) is 5.13 Å². The average molecular weight is 283 g/mol. The number of carboxylic acid groups (broad SMARTS) is 1. The van der Waals surface area contributed by atoms with Gasteiger partial charge < -0.3 is 10.0 Å². The third kappa shape index (κ3) is 2.74. The summed E-state index contributed by atoms with van der Waals surface area (Å²) in [5.74, 6) is -1.04. The Balaban J connectivity index is 2.25. The Morgan fingerprint density at radius 1 is 1.39 bits per heavy atom. The Bertz CT molecular complexity index is 572. The summed E-state index contributed by atoms with van der Waals surface area (Å²) in [6.07, 6.45) is 1.35. The maximum absolute atomic E-state index is 11.0. The number of nitrogens with zero attached hydrogens (tertiary/aromatic N) is 5. The third-order valence-corrected chi connectivity index (χ3v) is 4.02. The fourth-order valence-electron chi connectivity index (χ4n) is 1.06. The summed E-state index contributed by atoms with van der Waals surface area (Å²) < 4.78 is 0.627. The summed E-state index contributed by atoms with van der Waals surface area (Å²) in [7, 11) is 3.72. The molecule has 2 heterocycles. The molecule has 2 aromatic heterocycles. The van der Waals surface area contributed by atoms with Crippen LogP contribution in [0.5, 0.6) is 0 Å².